The van der Waals surface area contributed by atoms with Crippen LogP contribution in [0.5, 0.6) is 0 Å². The molecular formula is C9H10N4O2S2. The van der Waals surface area contributed by atoms with Crippen molar-refractivity contribution in [2.75, 3.05) is 5.73 Å². The molecule has 3 N–H and O–H groups in total. The van der Waals surface area contributed by atoms with Crippen LogP contribution in [-0.4, -0.2) is 18.4 Å². The van der Waals surface area contributed by atoms with Gasteiger partial charge in [0.2, 0.25) is 10.0 Å². The molecule has 0 amide bonds. The molecule has 2 rings (SSSR count). The lowest BCUT2D eigenvalue weighted by molar-refractivity contribution is 0.580. The fourth-order valence-electron chi connectivity index (χ4n) is 1.13. The molecule has 0 fully saturated rings. The predicted molar refractivity (Wildman–Crippen MR) is 64.8 cm³/mol. The van der Waals surface area contributed by atoms with Crippen LogP contribution in [0.4, 0.5) is 5.82 Å². The van der Waals surface area contributed by atoms with Crippen molar-refractivity contribution in [3.8, 4) is 0 Å². The van der Waals surface area contributed by atoms with Crippen molar-refractivity contribution in [2.24, 2.45) is 0 Å². The van der Waals surface area contributed by atoms with Gasteiger partial charge in [-0.25, -0.2) is 23.1 Å². The number of aromatic nitrogens is 2. The molecular weight excluding hydrogens is 260 g/mol. The van der Waals surface area contributed by atoms with E-state index < -0.39 is 10.0 Å². The maximum Gasteiger partial charge on any atom is 0.242 e. The number of nitrogens with zero attached hydrogens (tertiary/aromatic N) is 2. The minimum Gasteiger partial charge on any atom is -0.384 e. The summed E-state index contributed by atoms with van der Waals surface area (Å²) < 4.78 is 26.1. The maximum atomic E-state index is 11.8. The van der Waals surface area contributed by atoms with Crippen LogP contribution in [0, 0.1) is 0 Å². The van der Waals surface area contributed by atoms with Crippen molar-refractivity contribution < 1.29 is 8.42 Å². The molecule has 0 saturated carbocycles. The third-order valence-electron chi connectivity index (χ3n) is 2.00. The second kappa shape index (κ2) is 4.78. The van der Waals surface area contributed by atoms with E-state index in [9.17, 15) is 8.42 Å². The summed E-state index contributed by atoms with van der Waals surface area (Å²) in [6, 6.07) is 2.85. The Bertz CT molecular complexity index is 578. The van der Waals surface area contributed by atoms with Crippen LogP contribution in [0.15, 0.2) is 34.1 Å². The molecule has 0 saturated heterocycles. The zero-order chi connectivity index (χ0) is 12.3. The summed E-state index contributed by atoms with van der Waals surface area (Å²) in [5.74, 6) is 0.281. The summed E-state index contributed by atoms with van der Waals surface area (Å²) in [4.78, 5) is 7.80. The van der Waals surface area contributed by atoms with Gasteiger partial charge < -0.3 is 5.73 Å². The lowest BCUT2D eigenvalue weighted by atomic mass is 10.5. The molecule has 0 bridgehead atoms. The Morgan fingerprint density at radius 2 is 2.18 bits per heavy atom. The quantitative estimate of drug-likeness (QED) is 0.847. The van der Waals surface area contributed by atoms with Gasteiger partial charge in [-0.2, -0.15) is 0 Å². The normalized spacial score (nSPS) is 11.5. The van der Waals surface area contributed by atoms with Gasteiger partial charge in [0.05, 0.1) is 17.7 Å². The molecule has 0 aliphatic carbocycles. The highest BCUT2D eigenvalue weighted by atomic mass is 32.2. The van der Waals surface area contributed by atoms with Gasteiger partial charge in [-0.05, 0) is 12.1 Å². The Kier molecular flexibility index (Phi) is 3.36. The van der Waals surface area contributed by atoms with E-state index in [0.29, 0.717) is 5.69 Å². The summed E-state index contributed by atoms with van der Waals surface area (Å²) in [5, 5.41) is 1.78. The molecule has 8 heteroatoms. The van der Waals surface area contributed by atoms with Crippen LogP contribution in [0.2, 0.25) is 0 Å². The smallest absolute Gasteiger partial charge is 0.242 e. The van der Waals surface area contributed by atoms with Gasteiger partial charge >= 0.3 is 0 Å². The van der Waals surface area contributed by atoms with Gasteiger partial charge in [-0.15, -0.1) is 11.3 Å². The Labute approximate surface area is 103 Å². The number of thiazole rings is 1. The van der Waals surface area contributed by atoms with Gasteiger partial charge in [-0.1, -0.05) is 0 Å². The van der Waals surface area contributed by atoms with E-state index in [4.69, 9.17) is 5.73 Å². The summed E-state index contributed by atoms with van der Waals surface area (Å²) in [7, 11) is -3.56. The average Bonchev–Trinajstić information content (AvgIpc) is 2.80. The molecule has 0 atom stereocenters. The van der Waals surface area contributed by atoms with Crippen molar-refractivity contribution in [1.82, 2.24) is 14.7 Å². The number of hydrogen-bond acceptors (Lipinski definition) is 6. The highest BCUT2D eigenvalue weighted by Gasteiger charge is 2.14. The minimum absolute atomic E-state index is 0.0851. The SMILES string of the molecule is Nc1ccc(S(=O)(=O)NCc2cscn2)cn1. The lowest BCUT2D eigenvalue weighted by Crippen LogP contribution is -2.23. The summed E-state index contributed by atoms with van der Waals surface area (Å²) in [6.45, 7) is 0.163. The zero-order valence-corrected chi connectivity index (χ0v) is 10.3. The van der Waals surface area contributed by atoms with E-state index >= 15 is 0 Å². The molecule has 2 aromatic rings. The summed E-state index contributed by atoms with van der Waals surface area (Å²) in [5.41, 5.74) is 7.72. The largest absolute Gasteiger partial charge is 0.384 e. The molecule has 0 aromatic carbocycles. The third-order valence-corrected chi connectivity index (χ3v) is 4.02. The summed E-state index contributed by atoms with van der Waals surface area (Å²) in [6.07, 6.45) is 1.22. The minimum atomic E-state index is -3.56. The van der Waals surface area contributed by atoms with Gasteiger partial charge in [0, 0.05) is 11.6 Å². The van der Waals surface area contributed by atoms with Gasteiger partial charge in [0.25, 0.3) is 0 Å². The van der Waals surface area contributed by atoms with Crippen molar-refractivity contribution in [2.45, 2.75) is 11.4 Å². The van der Waals surface area contributed by atoms with E-state index in [1.54, 1.807) is 10.9 Å². The van der Waals surface area contributed by atoms with Crippen LogP contribution in [0.3, 0.4) is 0 Å². The lowest BCUT2D eigenvalue weighted by Gasteiger charge is -2.04. The van der Waals surface area contributed by atoms with E-state index in [1.807, 2.05) is 0 Å². The highest BCUT2D eigenvalue weighted by molar-refractivity contribution is 7.89. The molecule has 2 aromatic heterocycles. The molecule has 17 heavy (non-hydrogen) atoms. The molecule has 2 heterocycles. The van der Waals surface area contributed by atoms with E-state index in [-0.39, 0.29) is 17.3 Å². The molecule has 6 nitrogen and oxygen atoms in total. The van der Waals surface area contributed by atoms with E-state index in [2.05, 4.69) is 14.7 Å². The van der Waals surface area contributed by atoms with Crippen LogP contribution in [0.25, 0.3) is 0 Å². The van der Waals surface area contributed by atoms with Crippen LogP contribution < -0.4 is 10.5 Å². The van der Waals surface area contributed by atoms with Crippen LogP contribution in [0.1, 0.15) is 5.69 Å². The van der Waals surface area contributed by atoms with Gasteiger partial charge in [0.1, 0.15) is 10.7 Å². The summed E-state index contributed by atoms with van der Waals surface area (Å²) >= 11 is 1.41. The Hall–Kier alpha value is -1.51. The number of nitrogens with two attached hydrogens (primary N) is 1. The first-order valence-corrected chi connectivity index (χ1v) is 7.09. The van der Waals surface area contributed by atoms with Crippen LogP contribution >= 0.6 is 11.3 Å². The zero-order valence-electron chi connectivity index (χ0n) is 8.70. The Morgan fingerprint density at radius 3 is 2.76 bits per heavy atom. The van der Waals surface area contributed by atoms with E-state index in [1.165, 1.54) is 29.7 Å². The topological polar surface area (TPSA) is 98.0 Å². The predicted octanol–water partition coefficient (Wildman–Crippen LogP) is 0.599. The van der Waals surface area contributed by atoms with Crippen LogP contribution in [-0.2, 0) is 16.6 Å². The first-order chi connectivity index (χ1) is 8.08. The number of pyridine rings is 1. The number of anilines is 1. The number of nitrogens with one attached hydrogen (secondary N) is 1. The number of sulfonamides is 1. The fourth-order valence-corrected chi connectivity index (χ4v) is 2.63. The molecule has 90 valence electrons. The molecule has 0 spiro atoms. The van der Waals surface area contributed by atoms with Crippen molar-refractivity contribution in [3.63, 3.8) is 0 Å². The second-order valence-corrected chi connectivity index (χ2v) is 5.71. The van der Waals surface area contributed by atoms with Gasteiger partial charge in [-0.3, -0.25) is 0 Å². The molecule has 0 aliphatic heterocycles. The molecule has 0 aliphatic rings. The maximum absolute atomic E-state index is 11.8. The van der Waals surface area contributed by atoms with E-state index in [0.717, 1.165) is 0 Å². The first kappa shape index (κ1) is 12.0. The second-order valence-electron chi connectivity index (χ2n) is 3.22. The number of nitrogen functional groups attached to an aromatic ring is 1. The van der Waals surface area contributed by atoms with Crippen molar-refractivity contribution in [3.05, 3.63) is 34.9 Å². The standard InChI is InChI=1S/C9H10N4O2S2/c10-9-2-1-8(4-11-9)17(14,15)13-3-7-5-16-6-12-7/h1-2,4-6,13H,3H2,(H2,10,11). The number of hydrogen-bond donors (Lipinski definition) is 2. The molecule has 0 unspecified atom stereocenters. The van der Waals surface area contributed by atoms with Crippen molar-refractivity contribution in [1.29, 1.82) is 0 Å². The monoisotopic (exact) mass is 270 g/mol. The Morgan fingerprint density at radius 1 is 1.35 bits per heavy atom. The highest BCUT2D eigenvalue weighted by Crippen LogP contribution is 2.09. The van der Waals surface area contributed by atoms with Gasteiger partial charge in [0.15, 0.2) is 0 Å². The third kappa shape index (κ3) is 2.99. The van der Waals surface area contributed by atoms with Crippen molar-refractivity contribution >= 4 is 27.2 Å². The molecule has 0 radical (unpaired) electrons. The average molecular weight is 270 g/mol. The fraction of sp³-hybridized carbons (Fsp3) is 0.111. The number of rotatable bonds is 4. The Balaban J connectivity index is 2.11. The first-order valence-electron chi connectivity index (χ1n) is 4.66.